The molecule has 3 aromatic heterocycles. The average molecular weight is 855 g/mol. The van der Waals surface area contributed by atoms with Gasteiger partial charge in [0.15, 0.2) is 12.4 Å². The van der Waals surface area contributed by atoms with E-state index in [1.165, 1.54) is 24.4 Å². The number of halogens is 4. The Morgan fingerprint density at radius 2 is 1.72 bits per heavy atom. The second kappa shape index (κ2) is 17.7. The number of benzene rings is 1. The number of rotatable bonds is 13. The Labute approximate surface area is 349 Å². The molecule has 0 unspecified atom stereocenters. The van der Waals surface area contributed by atoms with Crippen molar-refractivity contribution in [2.24, 2.45) is 11.8 Å². The van der Waals surface area contributed by atoms with Crippen LogP contribution in [0.5, 0.6) is 0 Å². The zero-order chi connectivity index (χ0) is 42.8. The molecule has 0 saturated carbocycles. The fourth-order valence-electron chi connectivity index (χ4n) is 8.36. The number of quaternary nitrogens is 1. The van der Waals surface area contributed by atoms with Crippen LogP contribution in [0.1, 0.15) is 56.3 Å². The van der Waals surface area contributed by atoms with Crippen LogP contribution in [0, 0.1) is 11.8 Å². The highest BCUT2D eigenvalue weighted by Gasteiger charge is 2.42. The molecule has 0 radical (unpaired) electrons. The minimum absolute atomic E-state index is 0.0252. The predicted octanol–water partition coefficient (Wildman–Crippen LogP) is 3.59. The number of carboxylic acids is 1. The number of imidazole rings is 1. The summed E-state index contributed by atoms with van der Waals surface area (Å²) >= 11 is 6.55. The molecule has 4 aromatic rings. The van der Waals surface area contributed by atoms with Crippen molar-refractivity contribution < 1.29 is 41.9 Å². The van der Waals surface area contributed by atoms with E-state index in [0.29, 0.717) is 69.1 Å². The standard InChI is InChI=1S/C40H47ClF3N11O5/c1-52(2)21-24-3-6-32(46-19-24)34-30(35(51-50-34)40(42,43)44)15-28-20-47-36(48-28)37(58)49-27-4-5-29(31(41)16-27)39(60)54-11-9-53(10-12-54)38(59)26-7-13-55(14-8-26,23-33(56)57)22-25-17-45-18-25/h3-6,16,19-20,25-26,45H,7-15,17-18,21-23H2,1-2H3,(H3-,46,47,48,49,50,51,56,57,58,60)/p+1. The molecule has 7 rings (SSSR count). The van der Waals surface area contributed by atoms with Crippen LogP contribution >= 0.6 is 11.6 Å². The molecule has 6 heterocycles. The van der Waals surface area contributed by atoms with Crippen molar-refractivity contribution in [2.45, 2.75) is 32.0 Å². The van der Waals surface area contributed by atoms with Crippen molar-refractivity contribution in [2.75, 3.05) is 84.9 Å². The second-order valence-corrected chi connectivity index (χ2v) is 16.6. The summed E-state index contributed by atoms with van der Waals surface area (Å²) in [5, 5.41) is 21.6. The number of likely N-dealkylation sites (tertiary alicyclic amines) is 1. The van der Waals surface area contributed by atoms with Gasteiger partial charge in [-0.2, -0.15) is 18.3 Å². The zero-order valence-electron chi connectivity index (χ0n) is 33.3. The maximum atomic E-state index is 14.0. The van der Waals surface area contributed by atoms with E-state index in [1.807, 2.05) is 19.0 Å². The third-order valence-electron chi connectivity index (χ3n) is 11.5. The van der Waals surface area contributed by atoms with Gasteiger partial charge in [-0.15, -0.1) is 0 Å². The maximum Gasteiger partial charge on any atom is 0.433 e. The van der Waals surface area contributed by atoms with Gasteiger partial charge < -0.3 is 39.9 Å². The first-order chi connectivity index (χ1) is 28.6. The van der Waals surface area contributed by atoms with Crippen LogP contribution in [0.15, 0.2) is 42.7 Å². The molecule has 3 saturated heterocycles. The van der Waals surface area contributed by atoms with Crippen LogP contribution < -0.4 is 10.6 Å². The largest absolute Gasteiger partial charge is 0.477 e. The normalized spacial score (nSPS) is 19.9. The van der Waals surface area contributed by atoms with Crippen LogP contribution in [-0.2, 0) is 28.7 Å². The number of carbonyl (C=O) groups is 4. The Morgan fingerprint density at radius 1 is 1.00 bits per heavy atom. The number of alkyl halides is 3. The molecule has 20 heteroatoms. The second-order valence-electron chi connectivity index (χ2n) is 16.2. The number of hydrogen-bond donors (Lipinski definition) is 5. The lowest BCUT2D eigenvalue weighted by Crippen LogP contribution is -2.62. The quantitative estimate of drug-likeness (QED) is 0.124. The number of piperidine rings is 1. The minimum atomic E-state index is -4.73. The van der Waals surface area contributed by atoms with Gasteiger partial charge in [0.2, 0.25) is 5.91 Å². The van der Waals surface area contributed by atoms with Gasteiger partial charge in [-0.3, -0.25) is 24.5 Å². The number of pyridine rings is 1. The van der Waals surface area contributed by atoms with E-state index >= 15 is 0 Å². The molecule has 60 heavy (non-hydrogen) atoms. The minimum Gasteiger partial charge on any atom is -0.477 e. The molecule has 0 aliphatic carbocycles. The number of aliphatic carboxylic acids is 1. The Hall–Kier alpha value is -5.37. The van der Waals surface area contributed by atoms with Gasteiger partial charge in [0.1, 0.15) is 11.4 Å². The SMILES string of the molecule is CN(C)Cc1ccc(-c2n[nH]c(C(F)(F)F)c2Cc2cnc(C(=O)Nc3ccc(C(=O)N4CCN(C(=O)C5CC[N+](CC(=O)O)(CC6CNC6)CC5)CC4)c(Cl)c3)[nH]2)nc1. The number of amides is 3. The van der Waals surface area contributed by atoms with Gasteiger partial charge >= 0.3 is 12.1 Å². The van der Waals surface area contributed by atoms with Gasteiger partial charge in [-0.1, -0.05) is 17.7 Å². The first-order valence-electron chi connectivity index (χ1n) is 19.8. The molecule has 3 fully saturated rings. The molecule has 3 aliphatic heterocycles. The van der Waals surface area contributed by atoms with Crippen LogP contribution in [-0.4, -0.2) is 153 Å². The first-order valence-corrected chi connectivity index (χ1v) is 20.2. The summed E-state index contributed by atoms with van der Waals surface area (Å²) in [4.78, 5) is 68.5. The fraction of sp³-hybridized carbons (Fsp3) is 0.475. The molecule has 16 nitrogen and oxygen atoms in total. The summed E-state index contributed by atoms with van der Waals surface area (Å²) in [6.07, 6.45) is -0.882. The molecule has 1 aromatic carbocycles. The van der Waals surface area contributed by atoms with Crippen LogP contribution in [0.3, 0.4) is 0 Å². The van der Waals surface area contributed by atoms with E-state index in [2.05, 4.69) is 35.8 Å². The number of carbonyl (C=O) groups excluding carboxylic acids is 3. The number of aromatic nitrogens is 5. The molecule has 3 amide bonds. The fourth-order valence-corrected chi connectivity index (χ4v) is 8.62. The van der Waals surface area contributed by atoms with E-state index in [0.717, 1.165) is 25.2 Å². The first kappa shape index (κ1) is 42.7. The smallest absolute Gasteiger partial charge is 0.433 e. The Balaban J connectivity index is 0.929. The molecule has 0 bridgehead atoms. The van der Waals surface area contributed by atoms with Crippen molar-refractivity contribution >= 4 is 41.0 Å². The molecule has 0 atom stereocenters. The van der Waals surface area contributed by atoms with Crippen molar-refractivity contribution in [1.82, 2.24) is 45.2 Å². The average Bonchev–Trinajstić information content (AvgIpc) is 3.84. The number of nitrogens with zero attached hydrogens (tertiary/aromatic N) is 7. The molecule has 0 spiro atoms. The topological polar surface area (TPSA) is 193 Å². The summed E-state index contributed by atoms with van der Waals surface area (Å²) in [6.45, 7) is 5.92. The number of H-pyrrole nitrogens is 2. The third-order valence-corrected chi connectivity index (χ3v) is 11.8. The van der Waals surface area contributed by atoms with Crippen LogP contribution in [0.4, 0.5) is 18.9 Å². The highest BCUT2D eigenvalue weighted by molar-refractivity contribution is 6.34. The van der Waals surface area contributed by atoms with Gasteiger partial charge in [0.05, 0.1) is 35.9 Å². The Morgan fingerprint density at radius 3 is 2.32 bits per heavy atom. The van der Waals surface area contributed by atoms with Crippen molar-refractivity contribution in [3.8, 4) is 11.4 Å². The summed E-state index contributed by atoms with van der Waals surface area (Å²) in [5.41, 5.74) is 0.671. The van der Waals surface area contributed by atoms with E-state index in [-0.39, 0.29) is 75.4 Å². The summed E-state index contributed by atoms with van der Waals surface area (Å²) in [7, 11) is 3.78. The van der Waals surface area contributed by atoms with Gasteiger partial charge in [0, 0.05) is 106 Å². The van der Waals surface area contributed by atoms with E-state index in [9.17, 15) is 37.5 Å². The molecular weight excluding hydrogens is 807 g/mol. The Bertz CT molecular complexity index is 2210. The van der Waals surface area contributed by atoms with Crippen LogP contribution in [0.2, 0.25) is 5.02 Å². The summed E-state index contributed by atoms with van der Waals surface area (Å²) < 4.78 is 42.6. The highest BCUT2D eigenvalue weighted by Crippen LogP contribution is 2.36. The predicted molar refractivity (Wildman–Crippen MR) is 214 cm³/mol. The summed E-state index contributed by atoms with van der Waals surface area (Å²) in [5.74, 6) is -1.66. The highest BCUT2D eigenvalue weighted by atomic mass is 35.5. The maximum absolute atomic E-state index is 14.0. The lowest BCUT2D eigenvalue weighted by Gasteiger charge is -2.46. The van der Waals surface area contributed by atoms with Gasteiger partial charge in [-0.05, 0) is 43.9 Å². The van der Waals surface area contributed by atoms with E-state index < -0.39 is 23.7 Å². The lowest BCUT2D eigenvalue weighted by molar-refractivity contribution is -0.929. The van der Waals surface area contributed by atoms with Crippen molar-refractivity contribution in [3.05, 3.63) is 81.7 Å². The van der Waals surface area contributed by atoms with Crippen molar-refractivity contribution in [1.29, 1.82) is 0 Å². The lowest BCUT2D eigenvalue weighted by atomic mass is 9.90. The number of carboxylic acid groups (broad SMARTS) is 1. The number of aromatic amines is 2. The van der Waals surface area contributed by atoms with Gasteiger partial charge in [0.25, 0.3) is 11.8 Å². The number of hydrogen-bond acceptors (Lipinski definition) is 9. The van der Waals surface area contributed by atoms with E-state index in [4.69, 9.17) is 11.6 Å². The monoisotopic (exact) mass is 854 g/mol. The number of anilines is 1. The third kappa shape index (κ3) is 9.80. The molecule has 320 valence electrons. The zero-order valence-corrected chi connectivity index (χ0v) is 34.1. The Kier molecular flexibility index (Phi) is 12.6. The molecular formula is C40H48ClF3N11O5+. The summed E-state index contributed by atoms with van der Waals surface area (Å²) in [6, 6.07) is 7.82. The molecule has 5 N–H and O–H groups in total. The van der Waals surface area contributed by atoms with Crippen molar-refractivity contribution in [3.63, 3.8) is 0 Å². The number of nitrogens with one attached hydrogen (secondary N) is 4. The van der Waals surface area contributed by atoms with E-state index in [1.54, 1.807) is 28.1 Å². The van der Waals surface area contributed by atoms with Gasteiger partial charge in [-0.25, -0.2) is 9.78 Å². The molecule has 3 aliphatic rings. The van der Waals surface area contributed by atoms with Crippen LogP contribution in [0.25, 0.3) is 11.4 Å². The number of piperazine rings is 1.